The molecular formula is C24H30Cl2N4O. The quantitative estimate of drug-likeness (QED) is 0.669. The first kappa shape index (κ1) is 22.3. The number of amides is 1. The lowest BCUT2D eigenvalue weighted by Gasteiger charge is -2.36. The largest absolute Gasteiger partial charge is 0.399 e. The highest BCUT2D eigenvalue weighted by molar-refractivity contribution is 6.36. The summed E-state index contributed by atoms with van der Waals surface area (Å²) < 4.78 is 0. The number of likely N-dealkylation sites (tertiary alicyclic amines) is 1. The van der Waals surface area contributed by atoms with E-state index in [4.69, 9.17) is 28.9 Å². The highest BCUT2D eigenvalue weighted by Gasteiger charge is 2.23. The minimum Gasteiger partial charge on any atom is -0.399 e. The van der Waals surface area contributed by atoms with Gasteiger partial charge in [-0.15, -0.1) is 0 Å². The molecule has 0 saturated carbocycles. The van der Waals surface area contributed by atoms with Crippen LogP contribution in [0.4, 0.5) is 11.4 Å². The molecule has 166 valence electrons. The minimum atomic E-state index is 0.0736. The number of piperazine rings is 1. The first-order valence-corrected chi connectivity index (χ1v) is 11.8. The molecule has 2 saturated heterocycles. The van der Waals surface area contributed by atoms with Gasteiger partial charge >= 0.3 is 0 Å². The van der Waals surface area contributed by atoms with Crippen LogP contribution in [0.25, 0.3) is 0 Å². The molecule has 2 fully saturated rings. The summed E-state index contributed by atoms with van der Waals surface area (Å²) in [5.41, 5.74) is 9.52. The van der Waals surface area contributed by atoms with Crippen LogP contribution in [0.15, 0.2) is 36.4 Å². The maximum Gasteiger partial charge on any atom is 0.227 e. The highest BCUT2D eigenvalue weighted by Crippen LogP contribution is 2.29. The van der Waals surface area contributed by atoms with Gasteiger partial charge in [-0.3, -0.25) is 9.69 Å². The normalized spacial score (nSPS) is 17.7. The Morgan fingerprint density at radius 3 is 2.10 bits per heavy atom. The monoisotopic (exact) mass is 460 g/mol. The van der Waals surface area contributed by atoms with Gasteiger partial charge in [-0.2, -0.15) is 0 Å². The van der Waals surface area contributed by atoms with E-state index in [0.29, 0.717) is 23.1 Å². The van der Waals surface area contributed by atoms with Crippen molar-refractivity contribution in [1.29, 1.82) is 0 Å². The van der Waals surface area contributed by atoms with Gasteiger partial charge in [0, 0.05) is 54.1 Å². The molecule has 1 amide bonds. The first-order chi connectivity index (χ1) is 15.0. The van der Waals surface area contributed by atoms with Crippen LogP contribution in [0.3, 0.4) is 0 Å². The topological polar surface area (TPSA) is 52.8 Å². The number of nitrogen functional groups attached to an aromatic ring is 1. The SMILES string of the molecule is Nc1ccc(N2CCN(C(=O)Cc3c(Cl)cc(CN4CCCCC4)cc3Cl)CC2)cc1. The third-order valence-corrected chi connectivity index (χ3v) is 6.95. The lowest BCUT2D eigenvalue weighted by Crippen LogP contribution is -2.49. The zero-order valence-electron chi connectivity index (χ0n) is 17.8. The van der Waals surface area contributed by atoms with Crippen molar-refractivity contribution < 1.29 is 4.79 Å². The predicted molar refractivity (Wildman–Crippen MR) is 129 cm³/mol. The number of carbonyl (C=O) groups excluding carboxylic acids is 1. The standard InChI is InChI=1S/C24H30Cl2N4O/c25-22-14-18(17-28-8-2-1-3-9-28)15-23(26)21(22)16-24(31)30-12-10-29(11-13-30)20-6-4-19(27)5-7-20/h4-7,14-15H,1-3,8-13,16-17,27H2. The second kappa shape index (κ2) is 10.1. The Hall–Kier alpha value is -1.95. The smallest absolute Gasteiger partial charge is 0.227 e. The van der Waals surface area contributed by atoms with Crippen LogP contribution in [0, 0.1) is 0 Å². The number of carbonyl (C=O) groups is 1. The fourth-order valence-corrected chi connectivity index (χ4v) is 5.12. The Morgan fingerprint density at radius 2 is 1.48 bits per heavy atom. The zero-order chi connectivity index (χ0) is 21.8. The van der Waals surface area contributed by atoms with Crippen molar-refractivity contribution in [2.45, 2.75) is 32.2 Å². The Bertz CT molecular complexity index is 881. The van der Waals surface area contributed by atoms with Crippen molar-refractivity contribution >= 4 is 40.5 Å². The van der Waals surface area contributed by atoms with Crippen LogP contribution in [-0.2, 0) is 17.8 Å². The molecule has 0 bridgehead atoms. The Balaban J connectivity index is 1.34. The first-order valence-electron chi connectivity index (χ1n) is 11.1. The minimum absolute atomic E-state index is 0.0736. The second-order valence-corrected chi connectivity index (χ2v) is 9.33. The third-order valence-electron chi connectivity index (χ3n) is 6.27. The van der Waals surface area contributed by atoms with Gasteiger partial charge in [0.25, 0.3) is 0 Å². The fourth-order valence-electron chi connectivity index (χ4n) is 4.45. The molecular weight excluding hydrogens is 431 g/mol. The van der Waals surface area contributed by atoms with Crippen molar-refractivity contribution in [3.63, 3.8) is 0 Å². The number of benzene rings is 2. The molecule has 2 heterocycles. The van der Waals surface area contributed by atoms with E-state index in [9.17, 15) is 4.79 Å². The number of rotatable bonds is 5. The van der Waals surface area contributed by atoms with Crippen LogP contribution in [0.5, 0.6) is 0 Å². The second-order valence-electron chi connectivity index (χ2n) is 8.51. The summed E-state index contributed by atoms with van der Waals surface area (Å²) in [5.74, 6) is 0.0736. The van der Waals surface area contributed by atoms with Crippen molar-refractivity contribution in [2.75, 3.05) is 49.9 Å². The van der Waals surface area contributed by atoms with Gasteiger partial charge in [0.05, 0.1) is 6.42 Å². The predicted octanol–water partition coefficient (Wildman–Crippen LogP) is 4.45. The molecule has 0 unspecified atom stereocenters. The number of hydrogen-bond acceptors (Lipinski definition) is 4. The lowest BCUT2D eigenvalue weighted by atomic mass is 10.1. The highest BCUT2D eigenvalue weighted by atomic mass is 35.5. The summed E-state index contributed by atoms with van der Waals surface area (Å²) >= 11 is 13.1. The molecule has 2 aliphatic rings. The fraction of sp³-hybridized carbons (Fsp3) is 0.458. The van der Waals surface area contributed by atoms with Crippen LogP contribution in [0.2, 0.25) is 10.0 Å². The number of anilines is 2. The van der Waals surface area contributed by atoms with Crippen molar-refractivity contribution in [3.05, 3.63) is 57.6 Å². The van der Waals surface area contributed by atoms with Crippen molar-refractivity contribution in [3.8, 4) is 0 Å². The number of nitrogens with zero attached hydrogens (tertiary/aromatic N) is 3. The molecule has 7 heteroatoms. The molecule has 0 radical (unpaired) electrons. The molecule has 0 spiro atoms. The Kier molecular flexibility index (Phi) is 7.26. The van der Waals surface area contributed by atoms with Gasteiger partial charge in [-0.1, -0.05) is 29.6 Å². The summed E-state index contributed by atoms with van der Waals surface area (Å²) in [6, 6.07) is 11.8. The van der Waals surface area contributed by atoms with Crippen molar-refractivity contribution in [1.82, 2.24) is 9.80 Å². The Labute approximate surface area is 194 Å². The van der Waals surface area contributed by atoms with Crippen LogP contribution < -0.4 is 10.6 Å². The van der Waals surface area contributed by atoms with E-state index < -0.39 is 0 Å². The van der Waals surface area contributed by atoms with Gasteiger partial charge < -0.3 is 15.5 Å². The van der Waals surface area contributed by atoms with E-state index in [2.05, 4.69) is 9.80 Å². The van der Waals surface area contributed by atoms with Gasteiger partial charge in [0.15, 0.2) is 0 Å². The summed E-state index contributed by atoms with van der Waals surface area (Å²) in [6.45, 7) is 6.07. The summed E-state index contributed by atoms with van der Waals surface area (Å²) in [4.78, 5) is 19.5. The molecule has 0 atom stereocenters. The Morgan fingerprint density at radius 1 is 0.871 bits per heavy atom. The van der Waals surface area contributed by atoms with E-state index in [-0.39, 0.29) is 12.3 Å². The van der Waals surface area contributed by atoms with Crippen LogP contribution in [0.1, 0.15) is 30.4 Å². The zero-order valence-corrected chi connectivity index (χ0v) is 19.3. The van der Waals surface area contributed by atoms with Gasteiger partial charge in [-0.25, -0.2) is 0 Å². The average molecular weight is 461 g/mol. The summed E-state index contributed by atoms with van der Waals surface area (Å²) in [6.07, 6.45) is 4.05. The number of nitrogens with two attached hydrogens (primary N) is 1. The van der Waals surface area contributed by atoms with Crippen molar-refractivity contribution in [2.24, 2.45) is 0 Å². The molecule has 2 aliphatic heterocycles. The molecule has 4 rings (SSSR count). The number of piperidine rings is 1. The van der Waals surface area contributed by atoms with E-state index in [1.54, 1.807) is 0 Å². The average Bonchev–Trinajstić information content (AvgIpc) is 2.77. The third kappa shape index (κ3) is 5.65. The number of halogens is 2. The van der Waals surface area contributed by atoms with E-state index >= 15 is 0 Å². The van der Waals surface area contributed by atoms with E-state index in [1.807, 2.05) is 41.3 Å². The molecule has 0 aromatic heterocycles. The van der Waals surface area contributed by atoms with E-state index in [0.717, 1.165) is 55.2 Å². The number of hydrogen-bond donors (Lipinski definition) is 1. The molecule has 2 aromatic carbocycles. The molecule has 31 heavy (non-hydrogen) atoms. The maximum absolute atomic E-state index is 12.9. The molecule has 0 aliphatic carbocycles. The van der Waals surface area contributed by atoms with Crippen LogP contribution in [-0.4, -0.2) is 55.0 Å². The lowest BCUT2D eigenvalue weighted by molar-refractivity contribution is -0.130. The molecule has 5 nitrogen and oxygen atoms in total. The van der Waals surface area contributed by atoms with Gasteiger partial charge in [0.1, 0.15) is 0 Å². The van der Waals surface area contributed by atoms with Crippen LogP contribution >= 0.6 is 23.2 Å². The molecule has 2 aromatic rings. The van der Waals surface area contributed by atoms with Gasteiger partial charge in [0.2, 0.25) is 5.91 Å². The molecule has 2 N–H and O–H groups in total. The van der Waals surface area contributed by atoms with Gasteiger partial charge in [-0.05, 0) is 73.5 Å². The summed E-state index contributed by atoms with van der Waals surface area (Å²) in [7, 11) is 0. The summed E-state index contributed by atoms with van der Waals surface area (Å²) in [5, 5.41) is 1.18. The maximum atomic E-state index is 12.9. The van der Waals surface area contributed by atoms with E-state index in [1.165, 1.54) is 19.3 Å².